The molecule has 0 bridgehead atoms. The number of ether oxygens (including phenoxy) is 2. The lowest BCUT2D eigenvalue weighted by Gasteiger charge is -2.24. The fraction of sp³-hybridized carbons (Fsp3) is 0.241. The van der Waals surface area contributed by atoms with Crippen molar-refractivity contribution in [1.29, 1.82) is 0 Å². The predicted octanol–water partition coefficient (Wildman–Crippen LogP) is 5.26. The third kappa shape index (κ3) is 8.11. The second-order valence-electron chi connectivity index (χ2n) is 8.90. The summed E-state index contributed by atoms with van der Waals surface area (Å²) in [5.41, 5.74) is 12.5. The molecule has 0 amide bonds. The van der Waals surface area contributed by atoms with Crippen molar-refractivity contribution in [2.24, 2.45) is 0 Å². The van der Waals surface area contributed by atoms with Gasteiger partial charge in [-0.2, -0.15) is 0 Å². The molecule has 4 aromatic rings. The average Bonchev–Trinajstić information content (AvgIpc) is 2.86. The maximum Gasteiger partial charge on any atom is 0.339 e. The zero-order valence-corrected chi connectivity index (χ0v) is 23.6. The Morgan fingerprint density at radius 1 is 0.784 bits per heavy atom. The van der Waals surface area contributed by atoms with Crippen molar-refractivity contribution in [1.82, 2.24) is 4.98 Å². The molecule has 4 N–H and O–H groups in total. The second-order valence-corrected chi connectivity index (χ2v) is 9.71. The standard InChI is InChI=1S/C20H22BrN5O2.C9H12/c1-27-16-7-3-14(4-8-16)11-25(12-15-5-9-17(28-2)10-6-15)20-19(22)26(23)13-18(21)24-20;1-7-4-8(2)6-9(3)5-7/h3-10,13,22H,11-12,23H2,1-2H3;4-6H,1-3H3/p+1. The Bertz CT molecular complexity index is 1210. The molecule has 0 aliphatic carbocycles. The van der Waals surface area contributed by atoms with Crippen molar-refractivity contribution >= 4 is 27.6 Å². The number of rotatable bonds is 7. The Labute approximate surface area is 227 Å². The minimum Gasteiger partial charge on any atom is -0.497 e. The summed E-state index contributed by atoms with van der Waals surface area (Å²) in [4.78, 5) is 6.64. The van der Waals surface area contributed by atoms with E-state index in [9.17, 15) is 0 Å². The summed E-state index contributed by atoms with van der Waals surface area (Å²) in [6, 6.07) is 22.4. The van der Waals surface area contributed by atoms with Gasteiger partial charge in [0.25, 0.3) is 0 Å². The number of aryl methyl sites for hydroxylation is 3. The van der Waals surface area contributed by atoms with E-state index in [4.69, 9.17) is 21.1 Å². The Kier molecular flexibility index (Phi) is 9.74. The lowest BCUT2D eigenvalue weighted by molar-refractivity contribution is -0.624. The highest BCUT2D eigenvalue weighted by atomic mass is 79.9. The van der Waals surface area contributed by atoms with Crippen molar-refractivity contribution in [2.45, 2.75) is 33.9 Å². The molecule has 0 spiro atoms. The summed E-state index contributed by atoms with van der Waals surface area (Å²) in [7, 11) is 3.30. The minimum atomic E-state index is 0.380. The summed E-state index contributed by atoms with van der Waals surface area (Å²) < 4.78 is 12.5. The van der Waals surface area contributed by atoms with Crippen LogP contribution in [-0.4, -0.2) is 19.2 Å². The van der Waals surface area contributed by atoms with Crippen molar-refractivity contribution in [3.8, 4) is 11.5 Å². The van der Waals surface area contributed by atoms with Gasteiger partial charge in [0, 0.05) is 13.1 Å². The first-order valence-corrected chi connectivity index (χ1v) is 12.7. The van der Waals surface area contributed by atoms with Crippen LogP contribution in [0.25, 0.3) is 0 Å². The molecule has 0 saturated carbocycles. The number of anilines is 2. The normalized spacial score (nSPS) is 10.3. The topological polar surface area (TPSA) is 90.5 Å². The van der Waals surface area contributed by atoms with E-state index in [0.717, 1.165) is 22.6 Å². The smallest absolute Gasteiger partial charge is 0.339 e. The van der Waals surface area contributed by atoms with Crippen LogP contribution in [-0.2, 0) is 13.1 Å². The Morgan fingerprint density at radius 3 is 1.57 bits per heavy atom. The molecule has 0 saturated heterocycles. The highest BCUT2D eigenvalue weighted by Crippen LogP contribution is 2.25. The van der Waals surface area contributed by atoms with Crippen LogP contribution in [0.4, 0.5) is 11.6 Å². The van der Waals surface area contributed by atoms with Crippen LogP contribution < -0.4 is 30.6 Å². The molecule has 8 heteroatoms. The zero-order valence-electron chi connectivity index (χ0n) is 22.0. The van der Waals surface area contributed by atoms with Crippen molar-refractivity contribution in [3.63, 3.8) is 0 Å². The Morgan fingerprint density at radius 2 is 1.19 bits per heavy atom. The first kappa shape index (κ1) is 27.8. The maximum absolute atomic E-state index is 6.22. The molecule has 0 fully saturated rings. The maximum atomic E-state index is 6.22. The number of nitrogens with two attached hydrogens (primary N) is 2. The lowest BCUT2D eigenvalue weighted by Crippen LogP contribution is -2.48. The van der Waals surface area contributed by atoms with Gasteiger partial charge in [-0.15, -0.1) is 4.68 Å². The third-order valence-corrected chi connectivity index (χ3v) is 6.08. The Hall–Kier alpha value is -3.78. The summed E-state index contributed by atoms with van der Waals surface area (Å²) in [6.45, 7) is 7.58. The number of hydrogen-bond donors (Lipinski definition) is 2. The first-order chi connectivity index (χ1) is 17.7. The van der Waals surface area contributed by atoms with Gasteiger partial charge in [0.2, 0.25) is 5.82 Å². The molecular weight excluding hydrogens is 530 g/mol. The molecule has 1 aromatic heterocycles. The molecule has 0 unspecified atom stereocenters. The zero-order chi connectivity index (χ0) is 26.9. The first-order valence-electron chi connectivity index (χ1n) is 11.9. The molecule has 194 valence electrons. The molecule has 0 aliphatic heterocycles. The summed E-state index contributed by atoms with van der Waals surface area (Å²) in [5.74, 6) is 8.59. The van der Waals surface area contributed by atoms with Crippen LogP contribution in [0.1, 0.15) is 27.8 Å². The summed E-state index contributed by atoms with van der Waals surface area (Å²) in [6.07, 6.45) is 1.62. The van der Waals surface area contributed by atoms with E-state index in [1.54, 1.807) is 20.4 Å². The highest BCUT2D eigenvalue weighted by Gasteiger charge is 2.21. The second kappa shape index (κ2) is 13.0. The third-order valence-electron chi connectivity index (χ3n) is 5.70. The highest BCUT2D eigenvalue weighted by molar-refractivity contribution is 9.10. The molecule has 7 nitrogen and oxygen atoms in total. The molecular formula is C29H35BrN5O2+. The fourth-order valence-electron chi connectivity index (χ4n) is 4.03. The number of nitrogens with zero attached hydrogens (tertiary/aromatic N) is 3. The quantitative estimate of drug-likeness (QED) is 0.235. The SMILES string of the molecule is COc1ccc(CN(Cc2ccc(OC)cc2)c2nc(Br)c[n+](N)c2N)cc1.Cc1cc(C)cc(C)c1. The molecule has 0 aliphatic rings. The minimum absolute atomic E-state index is 0.380. The van der Waals surface area contributed by atoms with Gasteiger partial charge in [0.15, 0.2) is 6.20 Å². The van der Waals surface area contributed by atoms with Crippen LogP contribution in [0.15, 0.2) is 77.5 Å². The number of halogens is 1. The van der Waals surface area contributed by atoms with E-state index in [0.29, 0.717) is 29.3 Å². The number of methoxy groups -OCH3 is 2. The molecule has 1 heterocycles. The van der Waals surface area contributed by atoms with Crippen molar-refractivity contribution in [2.75, 3.05) is 30.7 Å². The summed E-state index contributed by atoms with van der Waals surface area (Å²) in [5, 5.41) is 0. The average molecular weight is 566 g/mol. The molecule has 3 aromatic carbocycles. The van der Waals surface area contributed by atoms with Gasteiger partial charge in [0.05, 0.1) is 14.2 Å². The summed E-state index contributed by atoms with van der Waals surface area (Å²) >= 11 is 3.40. The number of benzene rings is 3. The van der Waals surface area contributed by atoms with Gasteiger partial charge in [-0.1, -0.05) is 59.2 Å². The number of aromatic nitrogens is 2. The van der Waals surface area contributed by atoms with Crippen LogP contribution in [0.2, 0.25) is 0 Å². The van der Waals surface area contributed by atoms with Crippen molar-refractivity contribution < 1.29 is 14.1 Å². The molecule has 0 atom stereocenters. The molecule has 37 heavy (non-hydrogen) atoms. The van der Waals surface area contributed by atoms with Crippen LogP contribution in [0.3, 0.4) is 0 Å². The largest absolute Gasteiger partial charge is 0.497 e. The van der Waals surface area contributed by atoms with Gasteiger partial charge in [-0.3, -0.25) is 11.6 Å². The van der Waals surface area contributed by atoms with E-state index < -0.39 is 0 Å². The van der Waals surface area contributed by atoms with E-state index in [2.05, 4.69) is 64.8 Å². The molecule has 0 radical (unpaired) electrons. The Balaban J connectivity index is 0.000000356. The van der Waals surface area contributed by atoms with Gasteiger partial charge < -0.3 is 14.4 Å². The van der Waals surface area contributed by atoms with Crippen LogP contribution in [0.5, 0.6) is 11.5 Å². The van der Waals surface area contributed by atoms with E-state index >= 15 is 0 Å². The van der Waals surface area contributed by atoms with E-state index in [1.807, 2.05) is 48.5 Å². The predicted molar refractivity (Wildman–Crippen MR) is 153 cm³/mol. The van der Waals surface area contributed by atoms with Crippen LogP contribution >= 0.6 is 15.9 Å². The van der Waals surface area contributed by atoms with Crippen molar-refractivity contribution in [3.05, 3.63) is 105 Å². The number of nitrogen functional groups attached to an aromatic ring is 2. The monoisotopic (exact) mass is 564 g/mol. The van der Waals surface area contributed by atoms with E-state index in [-0.39, 0.29) is 0 Å². The fourth-order valence-corrected chi connectivity index (χ4v) is 4.42. The van der Waals surface area contributed by atoms with Crippen LogP contribution in [0, 0.1) is 20.8 Å². The van der Waals surface area contributed by atoms with Gasteiger partial charge >= 0.3 is 5.82 Å². The van der Waals surface area contributed by atoms with Gasteiger partial charge in [-0.25, -0.2) is 4.98 Å². The van der Waals surface area contributed by atoms with Gasteiger partial charge in [-0.05, 0) is 72.1 Å². The number of hydrogen-bond acceptors (Lipinski definition) is 6. The van der Waals surface area contributed by atoms with E-state index in [1.165, 1.54) is 21.4 Å². The lowest BCUT2D eigenvalue weighted by atomic mass is 10.1. The van der Waals surface area contributed by atoms with Gasteiger partial charge in [0.1, 0.15) is 16.1 Å². The molecule has 4 rings (SSSR count).